The molecule has 2 aromatic carbocycles. The third-order valence-corrected chi connectivity index (χ3v) is 3.65. The van der Waals surface area contributed by atoms with E-state index in [9.17, 15) is 14.9 Å². The van der Waals surface area contributed by atoms with Gasteiger partial charge in [-0.1, -0.05) is 45.0 Å². The molecule has 25 heavy (non-hydrogen) atoms. The number of carbonyl (C=O) groups excluding carboxylic acids is 1. The molecule has 0 N–H and O–H groups in total. The van der Waals surface area contributed by atoms with Crippen molar-refractivity contribution in [1.29, 1.82) is 0 Å². The summed E-state index contributed by atoms with van der Waals surface area (Å²) in [6.45, 7) is 5.92. The van der Waals surface area contributed by atoms with Crippen LogP contribution in [0.5, 0.6) is 5.75 Å². The summed E-state index contributed by atoms with van der Waals surface area (Å²) in [4.78, 5) is 22.2. The third kappa shape index (κ3) is 5.31. The minimum Gasteiger partial charge on any atom is -0.482 e. The summed E-state index contributed by atoms with van der Waals surface area (Å²) in [5.41, 5.74) is 1.48. The van der Waals surface area contributed by atoms with Crippen LogP contribution in [0.3, 0.4) is 0 Å². The van der Waals surface area contributed by atoms with Crippen molar-refractivity contribution < 1.29 is 19.2 Å². The van der Waals surface area contributed by atoms with E-state index in [1.807, 2.05) is 12.1 Å². The summed E-state index contributed by atoms with van der Waals surface area (Å²) >= 11 is 0. The number of para-hydroxylation sites is 1. The number of carbonyl (C=O) groups is 1. The van der Waals surface area contributed by atoms with Crippen LogP contribution in [0.25, 0.3) is 0 Å². The van der Waals surface area contributed by atoms with Crippen LogP contribution in [0.1, 0.15) is 31.9 Å². The van der Waals surface area contributed by atoms with Crippen molar-refractivity contribution in [3.8, 4) is 5.75 Å². The van der Waals surface area contributed by atoms with Crippen LogP contribution in [0.4, 0.5) is 5.69 Å². The molecule has 0 saturated heterocycles. The molecule has 0 saturated carbocycles. The SMILES string of the molecule is CC(C)(C)c1ccc(OCC(=O)OCc2ccccc2[N+](=O)[O-])cc1. The predicted molar refractivity (Wildman–Crippen MR) is 93.5 cm³/mol. The van der Waals surface area contributed by atoms with Gasteiger partial charge in [0.25, 0.3) is 5.69 Å². The monoisotopic (exact) mass is 343 g/mol. The van der Waals surface area contributed by atoms with Crippen molar-refractivity contribution in [3.63, 3.8) is 0 Å². The predicted octanol–water partition coefficient (Wildman–Crippen LogP) is 4.01. The molecule has 0 aromatic heterocycles. The number of rotatable bonds is 6. The number of hydrogen-bond donors (Lipinski definition) is 0. The molecule has 0 atom stereocenters. The minimum atomic E-state index is -0.585. The van der Waals surface area contributed by atoms with Gasteiger partial charge in [0, 0.05) is 6.07 Å². The Bertz CT molecular complexity index is 747. The molecule has 2 aromatic rings. The Balaban J connectivity index is 1.86. The number of esters is 1. The number of nitro benzene ring substituents is 1. The maximum atomic E-state index is 11.8. The summed E-state index contributed by atoms with van der Waals surface area (Å²) in [6.07, 6.45) is 0. The molecule has 0 bridgehead atoms. The van der Waals surface area contributed by atoms with Crippen LogP contribution >= 0.6 is 0 Å². The lowest BCUT2D eigenvalue weighted by atomic mass is 9.87. The van der Waals surface area contributed by atoms with Gasteiger partial charge in [-0.3, -0.25) is 10.1 Å². The van der Waals surface area contributed by atoms with Gasteiger partial charge in [0.2, 0.25) is 0 Å². The Morgan fingerprint density at radius 2 is 1.72 bits per heavy atom. The first-order valence-corrected chi connectivity index (χ1v) is 7.88. The fourth-order valence-electron chi connectivity index (χ4n) is 2.20. The van der Waals surface area contributed by atoms with E-state index in [1.165, 1.54) is 11.6 Å². The molecular weight excluding hydrogens is 322 g/mol. The second kappa shape index (κ2) is 7.79. The topological polar surface area (TPSA) is 78.7 Å². The van der Waals surface area contributed by atoms with Crippen LogP contribution < -0.4 is 4.74 Å². The zero-order chi connectivity index (χ0) is 18.4. The van der Waals surface area contributed by atoms with E-state index >= 15 is 0 Å². The Morgan fingerprint density at radius 3 is 2.32 bits per heavy atom. The Kier molecular flexibility index (Phi) is 5.75. The number of ether oxygens (including phenoxy) is 2. The van der Waals surface area contributed by atoms with E-state index in [1.54, 1.807) is 30.3 Å². The molecule has 0 heterocycles. The highest BCUT2D eigenvalue weighted by Gasteiger charge is 2.15. The van der Waals surface area contributed by atoms with Gasteiger partial charge >= 0.3 is 5.97 Å². The lowest BCUT2D eigenvalue weighted by Crippen LogP contribution is -2.15. The van der Waals surface area contributed by atoms with Crippen molar-refractivity contribution in [2.24, 2.45) is 0 Å². The summed E-state index contributed by atoms with van der Waals surface area (Å²) < 4.78 is 10.4. The van der Waals surface area contributed by atoms with Gasteiger partial charge in [0.15, 0.2) is 6.61 Å². The number of nitrogens with zero attached hydrogens (tertiary/aromatic N) is 1. The number of nitro groups is 1. The van der Waals surface area contributed by atoms with Crippen LogP contribution in [-0.4, -0.2) is 17.5 Å². The number of hydrogen-bond acceptors (Lipinski definition) is 5. The highest BCUT2D eigenvalue weighted by Crippen LogP contribution is 2.24. The molecule has 0 fully saturated rings. The molecule has 0 spiro atoms. The van der Waals surface area contributed by atoms with Crippen molar-refractivity contribution in [1.82, 2.24) is 0 Å². The second-order valence-corrected chi connectivity index (χ2v) is 6.61. The van der Waals surface area contributed by atoms with Gasteiger partial charge in [-0.25, -0.2) is 4.79 Å². The number of benzene rings is 2. The minimum absolute atomic E-state index is 0.0435. The summed E-state index contributed by atoms with van der Waals surface area (Å²) in [7, 11) is 0. The molecule has 0 aliphatic rings. The normalized spacial score (nSPS) is 11.0. The maximum absolute atomic E-state index is 11.8. The van der Waals surface area contributed by atoms with Gasteiger partial charge in [-0.05, 0) is 29.2 Å². The molecule has 0 aliphatic carbocycles. The van der Waals surface area contributed by atoms with E-state index in [0.29, 0.717) is 11.3 Å². The van der Waals surface area contributed by atoms with Crippen molar-refractivity contribution in [2.75, 3.05) is 6.61 Å². The van der Waals surface area contributed by atoms with Crippen molar-refractivity contribution >= 4 is 11.7 Å². The van der Waals surface area contributed by atoms with Gasteiger partial charge < -0.3 is 9.47 Å². The molecule has 0 radical (unpaired) electrons. The van der Waals surface area contributed by atoms with Crippen molar-refractivity contribution in [2.45, 2.75) is 32.8 Å². The highest BCUT2D eigenvalue weighted by atomic mass is 16.6. The Morgan fingerprint density at radius 1 is 1.08 bits per heavy atom. The maximum Gasteiger partial charge on any atom is 0.344 e. The second-order valence-electron chi connectivity index (χ2n) is 6.61. The van der Waals surface area contributed by atoms with Gasteiger partial charge in [-0.15, -0.1) is 0 Å². The highest BCUT2D eigenvalue weighted by molar-refractivity contribution is 5.71. The molecule has 132 valence electrons. The van der Waals surface area contributed by atoms with E-state index in [0.717, 1.165) is 0 Å². The van der Waals surface area contributed by atoms with Crippen LogP contribution in [0, 0.1) is 10.1 Å². The zero-order valence-electron chi connectivity index (χ0n) is 14.5. The first-order chi connectivity index (χ1) is 11.8. The summed E-state index contributed by atoms with van der Waals surface area (Å²) in [5, 5.41) is 10.9. The zero-order valence-corrected chi connectivity index (χ0v) is 14.5. The van der Waals surface area contributed by atoms with E-state index in [-0.39, 0.29) is 24.3 Å². The molecule has 6 nitrogen and oxygen atoms in total. The average molecular weight is 343 g/mol. The summed E-state index contributed by atoms with van der Waals surface area (Å²) in [6, 6.07) is 13.7. The fraction of sp³-hybridized carbons (Fsp3) is 0.316. The Labute approximate surface area is 146 Å². The lowest BCUT2D eigenvalue weighted by Gasteiger charge is -2.19. The third-order valence-electron chi connectivity index (χ3n) is 3.65. The van der Waals surface area contributed by atoms with Crippen LogP contribution in [-0.2, 0) is 21.6 Å². The van der Waals surface area contributed by atoms with E-state index in [2.05, 4.69) is 20.8 Å². The fourth-order valence-corrected chi connectivity index (χ4v) is 2.20. The Hall–Kier alpha value is -2.89. The molecule has 0 amide bonds. The van der Waals surface area contributed by atoms with E-state index in [4.69, 9.17) is 9.47 Å². The van der Waals surface area contributed by atoms with Crippen LogP contribution in [0.15, 0.2) is 48.5 Å². The standard InChI is InChI=1S/C19H21NO5/c1-19(2,3)15-8-10-16(11-9-15)24-13-18(21)25-12-14-6-4-5-7-17(14)20(22)23/h4-11H,12-13H2,1-3H3. The smallest absolute Gasteiger partial charge is 0.344 e. The average Bonchev–Trinajstić information content (AvgIpc) is 2.58. The molecule has 0 unspecified atom stereocenters. The molecular formula is C19H21NO5. The van der Waals surface area contributed by atoms with Crippen LogP contribution in [0.2, 0.25) is 0 Å². The van der Waals surface area contributed by atoms with Gasteiger partial charge in [-0.2, -0.15) is 0 Å². The van der Waals surface area contributed by atoms with Crippen molar-refractivity contribution in [3.05, 3.63) is 69.8 Å². The van der Waals surface area contributed by atoms with E-state index < -0.39 is 10.9 Å². The first-order valence-electron chi connectivity index (χ1n) is 7.88. The van der Waals surface area contributed by atoms with Gasteiger partial charge in [0.1, 0.15) is 12.4 Å². The molecule has 6 heteroatoms. The molecule has 0 aliphatic heterocycles. The largest absolute Gasteiger partial charge is 0.482 e. The van der Waals surface area contributed by atoms with Gasteiger partial charge in [0.05, 0.1) is 10.5 Å². The first kappa shape index (κ1) is 18.4. The lowest BCUT2D eigenvalue weighted by molar-refractivity contribution is -0.385. The summed E-state index contributed by atoms with van der Waals surface area (Å²) in [5.74, 6) is -0.0197. The molecule has 2 rings (SSSR count). The quantitative estimate of drug-likeness (QED) is 0.450.